The van der Waals surface area contributed by atoms with Crippen molar-refractivity contribution in [1.29, 1.82) is 0 Å². The van der Waals surface area contributed by atoms with Crippen molar-refractivity contribution in [1.82, 2.24) is 0 Å². The van der Waals surface area contributed by atoms with Gasteiger partial charge in [0.2, 0.25) is 0 Å². The number of carbonyl (C=O) groups excluding carboxylic acids is 1. The zero-order valence-electron chi connectivity index (χ0n) is 12.9. The first kappa shape index (κ1) is 15.5. The van der Waals surface area contributed by atoms with Crippen LogP contribution in [0.15, 0.2) is 12.1 Å². The minimum absolute atomic E-state index is 0.0731. The number of anilines is 1. The van der Waals surface area contributed by atoms with E-state index in [1.54, 1.807) is 0 Å². The molecule has 0 fully saturated rings. The molecule has 1 rings (SSSR count). The highest BCUT2D eigenvalue weighted by molar-refractivity contribution is 5.73. The summed E-state index contributed by atoms with van der Waals surface area (Å²) >= 11 is 0. The Bertz CT molecular complexity index is 454. The molecule has 1 aromatic carbocycles. The predicted octanol–water partition coefficient (Wildman–Crippen LogP) is 3.25. The van der Waals surface area contributed by atoms with Gasteiger partial charge >= 0.3 is 5.97 Å². The van der Waals surface area contributed by atoms with Crippen molar-refractivity contribution in [3.63, 3.8) is 0 Å². The van der Waals surface area contributed by atoms with Crippen molar-refractivity contribution in [2.24, 2.45) is 5.92 Å². The molecule has 0 bridgehead atoms. The van der Waals surface area contributed by atoms with Crippen molar-refractivity contribution in [3.8, 4) is 0 Å². The SMILES string of the molecule is CCC(CN(C)c1cc(C)c(C)cc1C)C(=O)OC. The van der Waals surface area contributed by atoms with Crippen LogP contribution in [0.5, 0.6) is 0 Å². The Morgan fingerprint density at radius 1 is 1.21 bits per heavy atom. The summed E-state index contributed by atoms with van der Waals surface area (Å²) < 4.78 is 4.85. The number of benzene rings is 1. The minimum atomic E-state index is -0.129. The fraction of sp³-hybridized carbons (Fsp3) is 0.562. The Hall–Kier alpha value is -1.51. The molecule has 0 aliphatic carbocycles. The van der Waals surface area contributed by atoms with Gasteiger partial charge in [0.05, 0.1) is 13.0 Å². The summed E-state index contributed by atoms with van der Waals surface area (Å²) in [7, 11) is 3.48. The molecule has 0 aliphatic heterocycles. The second-order valence-corrected chi connectivity index (χ2v) is 5.23. The lowest BCUT2D eigenvalue weighted by Crippen LogP contribution is -2.31. The molecule has 3 nitrogen and oxygen atoms in total. The summed E-state index contributed by atoms with van der Waals surface area (Å²) in [5.41, 5.74) is 5.00. The molecule has 3 heteroatoms. The number of nitrogens with zero attached hydrogens (tertiary/aromatic N) is 1. The van der Waals surface area contributed by atoms with Crippen LogP contribution in [0.1, 0.15) is 30.0 Å². The average Bonchev–Trinajstić information content (AvgIpc) is 2.38. The van der Waals surface area contributed by atoms with Crippen LogP contribution >= 0.6 is 0 Å². The Morgan fingerprint density at radius 2 is 1.79 bits per heavy atom. The van der Waals surface area contributed by atoms with E-state index in [1.165, 1.54) is 29.5 Å². The number of carbonyl (C=O) groups is 1. The quantitative estimate of drug-likeness (QED) is 0.764. The molecule has 0 heterocycles. The van der Waals surface area contributed by atoms with Gasteiger partial charge in [-0.3, -0.25) is 4.79 Å². The highest BCUT2D eigenvalue weighted by atomic mass is 16.5. The molecular formula is C16H25NO2. The van der Waals surface area contributed by atoms with E-state index in [2.05, 4.69) is 37.8 Å². The number of aryl methyl sites for hydroxylation is 3. The van der Waals surface area contributed by atoms with Crippen LogP contribution in [0.2, 0.25) is 0 Å². The first-order valence-electron chi connectivity index (χ1n) is 6.77. The summed E-state index contributed by atoms with van der Waals surface area (Å²) in [6, 6.07) is 4.38. The summed E-state index contributed by atoms with van der Waals surface area (Å²) in [6.07, 6.45) is 0.793. The minimum Gasteiger partial charge on any atom is -0.469 e. The lowest BCUT2D eigenvalue weighted by molar-refractivity contribution is -0.145. The van der Waals surface area contributed by atoms with Crippen LogP contribution in [0.25, 0.3) is 0 Å². The van der Waals surface area contributed by atoms with Crippen LogP contribution < -0.4 is 4.90 Å². The second-order valence-electron chi connectivity index (χ2n) is 5.23. The lowest BCUT2D eigenvalue weighted by atomic mass is 10.0. The zero-order valence-corrected chi connectivity index (χ0v) is 12.9. The lowest BCUT2D eigenvalue weighted by Gasteiger charge is -2.26. The molecule has 19 heavy (non-hydrogen) atoms. The third kappa shape index (κ3) is 3.72. The Morgan fingerprint density at radius 3 is 2.32 bits per heavy atom. The van der Waals surface area contributed by atoms with Gasteiger partial charge in [-0.05, 0) is 49.9 Å². The van der Waals surface area contributed by atoms with E-state index in [-0.39, 0.29) is 11.9 Å². The van der Waals surface area contributed by atoms with Crippen molar-refractivity contribution in [2.75, 3.05) is 25.6 Å². The zero-order chi connectivity index (χ0) is 14.6. The Kier molecular flexibility index (Phi) is 5.40. The monoisotopic (exact) mass is 263 g/mol. The van der Waals surface area contributed by atoms with Gasteiger partial charge in [0.1, 0.15) is 0 Å². The number of rotatable bonds is 5. The molecule has 1 aromatic rings. The van der Waals surface area contributed by atoms with Gasteiger partial charge in [-0.1, -0.05) is 13.0 Å². The number of methoxy groups -OCH3 is 1. The van der Waals surface area contributed by atoms with Crippen LogP contribution in [0, 0.1) is 26.7 Å². The van der Waals surface area contributed by atoms with Gasteiger partial charge in [-0.15, -0.1) is 0 Å². The van der Waals surface area contributed by atoms with Gasteiger partial charge in [-0.25, -0.2) is 0 Å². The molecule has 0 aromatic heterocycles. The summed E-state index contributed by atoms with van der Waals surface area (Å²) in [5, 5.41) is 0. The van der Waals surface area contributed by atoms with E-state index in [0.717, 1.165) is 6.42 Å². The molecule has 0 saturated heterocycles. The fourth-order valence-electron chi connectivity index (χ4n) is 2.32. The molecule has 0 saturated carbocycles. The van der Waals surface area contributed by atoms with E-state index in [4.69, 9.17) is 4.74 Å². The number of hydrogen-bond acceptors (Lipinski definition) is 3. The van der Waals surface area contributed by atoms with Crippen molar-refractivity contribution in [2.45, 2.75) is 34.1 Å². The molecular weight excluding hydrogens is 238 g/mol. The summed E-state index contributed by atoms with van der Waals surface area (Å²) in [4.78, 5) is 13.8. The maximum Gasteiger partial charge on any atom is 0.310 e. The molecule has 0 N–H and O–H groups in total. The molecule has 106 valence electrons. The fourth-order valence-corrected chi connectivity index (χ4v) is 2.32. The maximum atomic E-state index is 11.7. The highest BCUT2D eigenvalue weighted by Gasteiger charge is 2.20. The Balaban J connectivity index is 2.91. The summed E-state index contributed by atoms with van der Waals surface area (Å²) in [6.45, 7) is 9.05. The topological polar surface area (TPSA) is 29.5 Å². The van der Waals surface area contributed by atoms with Crippen LogP contribution in [0.4, 0.5) is 5.69 Å². The van der Waals surface area contributed by atoms with Gasteiger partial charge in [-0.2, -0.15) is 0 Å². The average molecular weight is 263 g/mol. The molecule has 0 spiro atoms. The van der Waals surface area contributed by atoms with Gasteiger partial charge in [0.25, 0.3) is 0 Å². The molecule has 0 aliphatic rings. The van der Waals surface area contributed by atoms with Crippen LogP contribution in [0.3, 0.4) is 0 Å². The van der Waals surface area contributed by atoms with Gasteiger partial charge < -0.3 is 9.64 Å². The Labute approximate surface area is 116 Å². The van der Waals surface area contributed by atoms with Crippen molar-refractivity contribution >= 4 is 11.7 Å². The first-order valence-corrected chi connectivity index (χ1v) is 6.77. The summed E-state index contributed by atoms with van der Waals surface area (Å²) in [5.74, 6) is -0.202. The normalized spacial score (nSPS) is 12.1. The molecule has 1 unspecified atom stereocenters. The number of ether oxygens (including phenoxy) is 1. The van der Waals surface area contributed by atoms with Crippen LogP contribution in [-0.2, 0) is 9.53 Å². The van der Waals surface area contributed by atoms with Gasteiger partial charge in [0.15, 0.2) is 0 Å². The van der Waals surface area contributed by atoms with E-state index >= 15 is 0 Å². The smallest absolute Gasteiger partial charge is 0.310 e. The van der Waals surface area contributed by atoms with Gasteiger partial charge in [0, 0.05) is 19.3 Å². The standard InChI is InChI=1S/C16H25NO2/c1-7-14(16(18)19-6)10-17(5)15-9-12(3)11(2)8-13(15)4/h8-9,14H,7,10H2,1-6H3. The highest BCUT2D eigenvalue weighted by Crippen LogP contribution is 2.24. The number of esters is 1. The third-order valence-corrected chi connectivity index (χ3v) is 3.75. The van der Waals surface area contributed by atoms with E-state index in [1.807, 2.05) is 14.0 Å². The molecule has 1 atom stereocenters. The maximum absolute atomic E-state index is 11.7. The molecule has 0 amide bonds. The first-order chi connectivity index (χ1) is 8.90. The van der Waals surface area contributed by atoms with E-state index in [9.17, 15) is 4.79 Å². The largest absolute Gasteiger partial charge is 0.469 e. The number of hydrogen-bond donors (Lipinski definition) is 0. The van der Waals surface area contributed by atoms with E-state index < -0.39 is 0 Å². The molecule has 0 radical (unpaired) electrons. The third-order valence-electron chi connectivity index (χ3n) is 3.75. The second kappa shape index (κ2) is 6.60. The van der Waals surface area contributed by atoms with Crippen LogP contribution in [-0.4, -0.2) is 26.7 Å². The predicted molar refractivity (Wildman–Crippen MR) is 79.7 cm³/mol. The van der Waals surface area contributed by atoms with Crippen molar-refractivity contribution < 1.29 is 9.53 Å². The van der Waals surface area contributed by atoms with E-state index in [0.29, 0.717) is 6.54 Å². The van der Waals surface area contributed by atoms with Crippen molar-refractivity contribution in [3.05, 3.63) is 28.8 Å².